The Kier molecular flexibility index (Phi) is 6.50. The number of carbonyl (C=O) groups is 1. The highest BCUT2D eigenvalue weighted by Gasteiger charge is 2.27. The van der Waals surface area contributed by atoms with E-state index >= 15 is 4.39 Å². The molecular formula is C22H20F2N6O3S. The molecular weight excluding hydrogens is 466 g/mol. The second-order valence-corrected chi connectivity index (χ2v) is 9.24. The van der Waals surface area contributed by atoms with Gasteiger partial charge in [-0.25, -0.2) is 27.2 Å². The van der Waals surface area contributed by atoms with E-state index in [4.69, 9.17) is 0 Å². The van der Waals surface area contributed by atoms with Crippen LogP contribution in [0.25, 0.3) is 11.0 Å². The van der Waals surface area contributed by atoms with Crippen LogP contribution in [0.15, 0.2) is 49.2 Å². The zero-order valence-electron chi connectivity index (χ0n) is 18.0. The number of pyridine rings is 1. The van der Waals surface area contributed by atoms with Gasteiger partial charge < -0.3 is 10.3 Å². The Morgan fingerprint density at radius 1 is 1.18 bits per heavy atom. The summed E-state index contributed by atoms with van der Waals surface area (Å²) in [5.41, 5.74) is -0.339. The van der Waals surface area contributed by atoms with Crippen LogP contribution in [0.1, 0.15) is 34.8 Å². The minimum absolute atomic E-state index is 0.0735. The standard InChI is InChI=1S/C22H20F2N6O3S/c1-2-8-34(32,33)30-16-6-5-15(23)18(19(16)24)20(31)14-11-27-22-17(14)21(28-12-29-22)26-10-13-4-3-7-25-9-13/h3-7,9,11-12,30H,2,8,10H2,1H3,(H2,26,27,28,29). The van der Waals surface area contributed by atoms with Crippen molar-refractivity contribution >= 4 is 38.3 Å². The number of hydrogen-bond acceptors (Lipinski definition) is 7. The molecule has 3 aromatic heterocycles. The van der Waals surface area contributed by atoms with Crippen LogP contribution in [0.5, 0.6) is 0 Å². The lowest BCUT2D eigenvalue weighted by Crippen LogP contribution is -2.18. The first-order valence-corrected chi connectivity index (χ1v) is 11.9. The monoisotopic (exact) mass is 486 g/mol. The molecule has 0 aliphatic heterocycles. The van der Waals surface area contributed by atoms with Gasteiger partial charge in [-0.15, -0.1) is 0 Å². The number of halogens is 2. The van der Waals surface area contributed by atoms with Crippen molar-refractivity contribution in [3.8, 4) is 0 Å². The highest BCUT2D eigenvalue weighted by molar-refractivity contribution is 7.92. The van der Waals surface area contributed by atoms with Gasteiger partial charge in [-0.1, -0.05) is 13.0 Å². The summed E-state index contributed by atoms with van der Waals surface area (Å²) in [6.07, 6.45) is 6.15. The minimum atomic E-state index is -3.86. The molecule has 0 aliphatic carbocycles. The van der Waals surface area contributed by atoms with Crippen molar-refractivity contribution in [1.29, 1.82) is 0 Å². The molecule has 0 atom stereocenters. The number of H-pyrrole nitrogens is 1. The maximum absolute atomic E-state index is 15.2. The second-order valence-electron chi connectivity index (χ2n) is 7.40. The van der Waals surface area contributed by atoms with E-state index in [1.165, 1.54) is 12.5 Å². The molecule has 3 heterocycles. The Hall–Kier alpha value is -3.93. The van der Waals surface area contributed by atoms with Gasteiger partial charge in [0.15, 0.2) is 5.82 Å². The molecule has 0 spiro atoms. The molecule has 1 aromatic carbocycles. The maximum Gasteiger partial charge on any atom is 0.232 e. The third-order valence-corrected chi connectivity index (χ3v) is 6.43. The predicted molar refractivity (Wildman–Crippen MR) is 123 cm³/mol. The number of aromatic nitrogens is 4. The number of nitrogens with one attached hydrogen (secondary N) is 3. The third-order valence-electron chi connectivity index (χ3n) is 4.95. The molecule has 0 amide bonds. The molecule has 0 saturated carbocycles. The van der Waals surface area contributed by atoms with E-state index in [0.29, 0.717) is 13.0 Å². The quantitative estimate of drug-likeness (QED) is 0.308. The minimum Gasteiger partial charge on any atom is -0.365 e. The molecule has 0 radical (unpaired) electrons. The van der Waals surface area contributed by atoms with E-state index in [1.807, 2.05) is 6.07 Å². The number of hydrogen-bond donors (Lipinski definition) is 3. The summed E-state index contributed by atoms with van der Waals surface area (Å²) in [4.78, 5) is 28.3. The van der Waals surface area contributed by atoms with Crippen molar-refractivity contribution in [3.63, 3.8) is 0 Å². The molecule has 4 rings (SSSR count). The summed E-state index contributed by atoms with van der Waals surface area (Å²) in [5, 5.41) is 3.32. The van der Waals surface area contributed by atoms with Gasteiger partial charge in [0, 0.05) is 25.1 Å². The highest BCUT2D eigenvalue weighted by atomic mass is 32.2. The SMILES string of the molecule is CCCS(=O)(=O)Nc1ccc(F)c(C(=O)c2c[nH]c3ncnc(NCc4cccnc4)c23)c1F. The highest BCUT2D eigenvalue weighted by Crippen LogP contribution is 2.30. The number of nitrogens with zero attached hydrogens (tertiary/aromatic N) is 3. The molecule has 4 aromatic rings. The number of carbonyl (C=O) groups excluding carboxylic acids is 1. The average molecular weight is 487 g/mol. The molecule has 3 N–H and O–H groups in total. The Balaban J connectivity index is 1.73. The first-order chi connectivity index (χ1) is 16.3. The van der Waals surface area contributed by atoms with Gasteiger partial charge >= 0.3 is 0 Å². The first kappa shape index (κ1) is 23.2. The van der Waals surface area contributed by atoms with Gasteiger partial charge in [0.2, 0.25) is 15.8 Å². The van der Waals surface area contributed by atoms with Gasteiger partial charge in [0.25, 0.3) is 0 Å². The fourth-order valence-corrected chi connectivity index (χ4v) is 4.56. The lowest BCUT2D eigenvalue weighted by atomic mass is 10.0. The number of fused-ring (bicyclic) bond motifs is 1. The Morgan fingerprint density at radius 3 is 2.74 bits per heavy atom. The van der Waals surface area contributed by atoms with E-state index in [-0.39, 0.29) is 28.2 Å². The van der Waals surface area contributed by atoms with E-state index in [0.717, 1.165) is 17.7 Å². The third kappa shape index (κ3) is 4.71. The summed E-state index contributed by atoms with van der Waals surface area (Å²) in [6, 6.07) is 5.39. The molecule has 0 fully saturated rings. The van der Waals surface area contributed by atoms with Crippen LogP contribution in [-0.2, 0) is 16.6 Å². The normalized spacial score (nSPS) is 11.5. The molecule has 0 saturated heterocycles. The van der Waals surface area contributed by atoms with Crippen LogP contribution in [0.4, 0.5) is 20.3 Å². The summed E-state index contributed by atoms with van der Waals surface area (Å²) >= 11 is 0. The van der Waals surface area contributed by atoms with Gasteiger partial charge in [-0.2, -0.15) is 0 Å². The number of anilines is 2. The molecule has 34 heavy (non-hydrogen) atoms. The van der Waals surface area contributed by atoms with Crippen molar-refractivity contribution < 1.29 is 22.0 Å². The Labute approximate surface area is 193 Å². The van der Waals surface area contributed by atoms with Crippen LogP contribution >= 0.6 is 0 Å². The van der Waals surface area contributed by atoms with Gasteiger partial charge in [0.1, 0.15) is 23.6 Å². The van der Waals surface area contributed by atoms with Crippen molar-refractivity contribution in [3.05, 3.63) is 77.5 Å². The lowest BCUT2D eigenvalue weighted by Gasteiger charge is -2.12. The van der Waals surface area contributed by atoms with Crippen LogP contribution in [0, 0.1) is 11.6 Å². The molecule has 0 unspecified atom stereocenters. The Morgan fingerprint density at radius 2 is 2.00 bits per heavy atom. The van der Waals surface area contributed by atoms with Crippen LogP contribution in [0.2, 0.25) is 0 Å². The maximum atomic E-state index is 15.2. The van der Waals surface area contributed by atoms with Crippen LogP contribution < -0.4 is 10.0 Å². The van der Waals surface area contributed by atoms with Crippen LogP contribution in [-0.4, -0.2) is 39.9 Å². The lowest BCUT2D eigenvalue weighted by molar-refractivity contribution is 0.103. The zero-order valence-corrected chi connectivity index (χ0v) is 18.8. The summed E-state index contributed by atoms with van der Waals surface area (Å²) < 4.78 is 56.0. The molecule has 176 valence electrons. The van der Waals surface area contributed by atoms with Crippen molar-refractivity contribution in [1.82, 2.24) is 19.9 Å². The van der Waals surface area contributed by atoms with Gasteiger partial charge in [-0.05, 0) is 30.2 Å². The zero-order chi connectivity index (χ0) is 24.3. The fourth-order valence-electron chi connectivity index (χ4n) is 3.43. The Bertz CT molecular complexity index is 1460. The largest absolute Gasteiger partial charge is 0.365 e. The van der Waals surface area contributed by atoms with E-state index < -0.39 is 38.7 Å². The summed E-state index contributed by atoms with van der Waals surface area (Å²) in [6.45, 7) is 1.98. The number of ketones is 1. The topological polar surface area (TPSA) is 130 Å². The molecule has 9 nitrogen and oxygen atoms in total. The molecule has 0 aliphatic rings. The van der Waals surface area contributed by atoms with E-state index in [2.05, 4.69) is 30.0 Å². The van der Waals surface area contributed by atoms with E-state index in [9.17, 15) is 17.6 Å². The predicted octanol–water partition coefficient (Wildman–Crippen LogP) is 3.63. The fraction of sp³-hybridized carbons (Fsp3) is 0.182. The summed E-state index contributed by atoms with van der Waals surface area (Å²) in [5.74, 6) is -3.40. The first-order valence-electron chi connectivity index (χ1n) is 10.3. The second kappa shape index (κ2) is 9.51. The van der Waals surface area contributed by atoms with E-state index in [1.54, 1.807) is 25.4 Å². The average Bonchev–Trinajstić information content (AvgIpc) is 3.25. The molecule has 12 heteroatoms. The van der Waals surface area contributed by atoms with Crippen molar-refractivity contribution in [2.45, 2.75) is 19.9 Å². The number of benzene rings is 1. The number of aromatic amines is 1. The van der Waals surface area contributed by atoms with Gasteiger partial charge in [-0.3, -0.25) is 14.5 Å². The summed E-state index contributed by atoms with van der Waals surface area (Å²) in [7, 11) is -3.86. The smallest absolute Gasteiger partial charge is 0.232 e. The van der Waals surface area contributed by atoms with Crippen LogP contribution in [0.3, 0.4) is 0 Å². The number of rotatable bonds is 9. The van der Waals surface area contributed by atoms with Crippen molar-refractivity contribution in [2.75, 3.05) is 15.8 Å². The number of sulfonamides is 1. The molecule has 0 bridgehead atoms. The van der Waals surface area contributed by atoms with Gasteiger partial charge in [0.05, 0.1) is 28.0 Å². The van der Waals surface area contributed by atoms with Crippen molar-refractivity contribution in [2.24, 2.45) is 0 Å².